The lowest BCUT2D eigenvalue weighted by Gasteiger charge is -2.05. The molecular weight excluding hydrogens is 376 g/mol. The quantitative estimate of drug-likeness (QED) is 0.120. The minimum Gasteiger partial charge on any atom is -0.237 e. The van der Waals surface area contributed by atoms with E-state index in [0.29, 0.717) is 0 Å². The van der Waals surface area contributed by atoms with Gasteiger partial charge in [0.1, 0.15) is 12.4 Å². The number of imidazole rings is 1. The summed E-state index contributed by atoms with van der Waals surface area (Å²) in [6, 6.07) is 0. The smallest absolute Gasteiger partial charge is 0.237 e. The Kier molecular flexibility index (Phi) is 19.2. The Morgan fingerprint density at radius 1 is 0.548 bits per heavy atom. The maximum Gasteiger partial charge on any atom is 0.256 e. The molecule has 1 aromatic heterocycles. The maximum absolute atomic E-state index is 2.52. The number of rotatable bonds is 23. The molecule has 0 aliphatic rings. The number of hydrogen-bond donors (Lipinski definition) is 0. The highest BCUT2D eigenvalue weighted by molar-refractivity contribution is 4.84. The third-order valence-corrected chi connectivity index (χ3v) is 6.97. The summed E-state index contributed by atoms with van der Waals surface area (Å²) in [4.78, 5) is 0. The first-order valence-electron chi connectivity index (χ1n) is 14.3. The van der Waals surface area contributed by atoms with E-state index in [0.717, 1.165) is 0 Å². The van der Waals surface area contributed by atoms with Crippen molar-refractivity contribution in [1.29, 1.82) is 0 Å². The monoisotopic (exact) mass is 433 g/mol. The van der Waals surface area contributed by atoms with Crippen LogP contribution in [0.4, 0.5) is 0 Å². The predicted octanol–water partition coefficient (Wildman–Crippen LogP) is 9.09. The molecule has 2 nitrogen and oxygen atoms in total. The van der Waals surface area contributed by atoms with Crippen LogP contribution in [0.1, 0.15) is 155 Å². The third-order valence-electron chi connectivity index (χ3n) is 6.97. The zero-order chi connectivity index (χ0) is 22.4. The standard InChI is InChI=1S/C29H57N2/c1-4-6-8-10-12-13-14-15-16-17-18-19-21-23-25-29-30(3)27-28-31(29)26-24-22-20-11-9-7-5-2/h27-28H,4-26H2,1-3H3/q+1. The second-order valence-electron chi connectivity index (χ2n) is 9.99. The summed E-state index contributed by atoms with van der Waals surface area (Å²) in [7, 11) is 2.22. The minimum absolute atomic E-state index is 1.21. The van der Waals surface area contributed by atoms with Crippen molar-refractivity contribution in [1.82, 2.24) is 4.57 Å². The van der Waals surface area contributed by atoms with Gasteiger partial charge in [-0.2, -0.15) is 0 Å². The molecule has 1 heterocycles. The predicted molar refractivity (Wildman–Crippen MR) is 138 cm³/mol. The molecule has 0 saturated carbocycles. The Labute approximate surface area is 196 Å². The summed E-state index contributed by atoms with van der Waals surface area (Å²) >= 11 is 0. The van der Waals surface area contributed by atoms with E-state index in [4.69, 9.17) is 0 Å². The van der Waals surface area contributed by atoms with Crippen molar-refractivity contribution in [2.24, 2.45) is 7.05 Å². The molecule has 0 bridgehead atoms. The fraction of sp³-hybridized carbons (Fsp3) is 0.897. The highest BCUT2D eigenvalue weighted by Gasteiger charge is 2.13. The summed E-state index contributed by atoms with van der Waals surface area (Å²) in [5, 5.41) is 0. The summed E-state index contributed by atoms with van der Waals surface area (Å²) in [5.41, 5.74) is 0. The number of nitrogens with zero attached hydrogens (tertiary/aromatic N) is 2. The van der Waals surface area contributed by atoms with Crippen molar-refractivity contribution < 1.29 is 4.57 Å². The van der Waals surface area contributed by atoms with Crippen LogP contribution in [-0.2, 0) is 20.0 Å². The Morgan fingerprint density at radius 2 is 0.935 bits per heavy atom. The van der Waals surface area contributed by atoms with Crippen LogP contribution in [0, 0.1) is 0 Å². The van der Waals surface area contributed by atoms with Crippen molar-refractivity contribution in [3.05, 3.63) is 18.2 Å². The summed E-state index contributed by atoms with van der Waals surface area (Å²) in [6.45, 7) is 5.81. The summed E-state index contributed by atoms with van der Waals surface area (Å²) < 4.78 is 4.87. The Morgan fingerprint density at radius 3 is 1.39 bits per heavy atom. The van der Waals surface area contributed by atoms with Gasteiger partial charge in [0.05, 0.1) is 13.6 Å². The summed E-state index contributed by atoms with van der Waals surface area (Å²) in [5.74, 6) is 1.53. The van der Waals surface area contributed by atoms with Gasteiger partial charge in [-0.05, 0) is 19.3 Å². The van der Waals surface area contributed by atoms with Crippen LogP contribution in [0.25, 0.3) is 0 Å². The van der Waals surface area contributed by atoms with Gasteiger partial charge in [0.25, 0.3) is 5.82 Å². The molecule has 182 valence electrons. The first kappa shape index (κ1) is 28.2. The molecular formula is C29H57N2+. The second kappa shape index (κ2) is 21.1. The van der Waals surface area contributed by atoms with Crippen molar-refractivity contribution in [2.75, 3.05) is 0 Å². The average molecular weight is 434 g/mol. The molecule has 0 aliphatic carbocycles. The fourth-order valence-electron chi connectivity index (χ4n) is 4.80. The van der Waals surface area contributed by atoms with Crippen LogP contribution in [0.3, 0.4) is 0 Å². The van der Waals surface area contributed by atoms with Gasteiger partial charge in [-0.25, -0.2) is 9.13 Å². The first-order chi connectivity index (χ1) is 15.3. The van der Waals surface area contributed by atoms with Gasteiger partial charge in [0.15, 0.2) is 0 Å². The van der Waals surface area contributed by atoms with Gasteiger partial charge in [0, 0.05) is 6.42 Å². The molecule has 0 N–H and O–H groups in total. The number of aryl methyl sites for hydroxylation is 2. The molecule has 1 aromatic rings. The van der Waals surface area contributed by atoms with E-state index in [1.807, 2.05) is 0 Å². The van der Waals surface area contributed by atoms with Crippen LogP contribution in [0.2, 0.25) is 0 Å². The van der Waals surface area contributed by atoms with Crippen molar-refractivity contribution in [2.45, 2.75) is 162 Å². The molecule has 0 amide bonds. The number of hydrogen-bond acceptors (Lipinski definition) is 0. The van der Waals surface area contributed by atoms with Crippen LogP contribution in [-0.4, -0.2) is 4.57 Å². The topological polar surface area (TPSA) is 8.81 Å². The van der Waals surface area contributed by atoms with E-state index in [-0.39, 0.29) is 0 Å². The van der Waals surface area contributed by atoms with Gasteiger partial charge in [-0.15, -0.1) is 0 Å². The highest BCUT2D eigenvalue weighted by Crippen LogP contribution is 2.14. The molecule has 0 fully saturated rings. The van der Waals surface area contributed by atoms with E-state index in [1.54, 1.807) is 0 Å². The van der Waals surface area contributed by atoms with Crippen LogP contribution < -0.4 is 4.57 Å². The minimum atomic E-state index is 1.21. The van der Waals surface area contributed by atoms with E-state index in [9.17, 15) is 0 Å². The Bertz CT molecular complexity index is 491. The molecule has 0 aromatic carbocycles. The molecule has 31 heavy (non-hydrogen) atoms. The molecule has 2 heteroatoms. The van der Waals surface area contributed by atoms with E-state index >= 15 is 0 Å². The lowest BCUT2D eigenvalue weighted by molar-refractivity contribution is -0.678. The first-order valence-corrected chi connectivity index (χ1v) is 14.3. The Hall–Kier alpha value is -0.790. The van der Waals surface area contributed by atoms with Gasteiger partial charge in [-0.3, -0.25) is 0 Å². The van der Waals surface area contributed by atoms with E-state index in [2.05, 4.69) is 42.4 Å². The van der Waals surface area contributed by atoms with Crippen molar-refractivity contribution in [3.63, 3.8) is 0 Å². The molecule has 0 unspecified atom stereocenters. The normalized spacial score (nSPS) is 11.5. The molecule has 1 rings (SSSR count). The van der Waals surface area contributed by atoms with Crippen molar-refractivity contribution in [3.8, 4) is 0 Å². The number of unbranched alkanes of at least 4 members (excludes halogenated alkanes) is 19. The largest absolute Gasteiger partial charge is 0.256 e. The van der Waals surface area contributed by atoms with Crippen LogP contribution in [0.15, 0.2) is 12.4 Å². The molecule has 0 atom stereocenters. The molecule has 0 aliphatic heterocycles. The van der Waals surface area contributed by atoms with Crippen LogP contribution >= 0.6 is 0 Å². The zero-order valence-electron chi connectivity index (χ0n) is 21.8. The lowest BCUT2D eigenvalue weighted by atomic mass is 10.0. The molecule has 0 spiro atoms. The SMILES string of the molecule is CCCCCCCCCCCCCCCCc1n(CCCCCCCCC)cc[n+]1C. The second-order valence-corrected chi connectivity index (χ2v) is 9.99. The molecule has 0 radical (unpaired) electrons. The Balaban J connectivity index is 1.97. The van der Waals surface area contributed by atoms with Gasteiger partial charge >= 0.3 is 0 Å². The van der Waals surface area contributed by atoms with Gasteiger partial charge in [-0.1, -0.05) is 129 Å². The van der Waals surface area contributed by atoms with E-state index < -0.39 is 0 Å². The average Bonchev–Trinajstić information content (AvgIpc) is 3.12. The van der Waals surface area contributed by atoms with E-state index in [1.165, 1.54) is 154 Å². The third kappa shape index (κ3) is 15.6. The lowest BCUT2D eigenvalue weighted by Crippen LogP contribution is -2.32. The van der Waals surface area contributed by atoms with Gasteiger partial charge in [0.2, 0.25) is 0 Å². The van der Waals surface area contributed by atoms with Crippen molar-refractivity contribution >= 4 is 0 Å². The zero-order valence-corrected chi connectivity index (χ0v) is 21.8. The summed E-state index contributed by atoms with van der Waals surface area (Å²) in [6.07, 6.45) is 35.7. The van der Waals surface area contributed by atoms with Crippen LogP contribution in [0.5, 0.6) is 0 Å². The fourth-order valence-corrected chi connectivity index (χ4v) is 4.80. The maximum atomic E-state index is 2.52. The highest BCUT2D eigenvalue weighted by atomic mass is 15.1. The van der Waals surface area contributed by atoms with Gasteiger partial charge < -0.3 is 0 Å². The molecule has 0 saturated heterocycles. The number of aromatic nitrogens is 2.